The van der Waals surface area contributed by atoms with Crippen LogP contribution in [0.4, 0.5) is 8.78 Å². The van der Waals surface area contributed by atoms with Gasteiger partial charge >= 0.3 is 0 Å². The zero-order valence-corrected chi connectivity index (χ0v) is 11.4. The Kier molecular flexibility index (Phi) is 5.79. The molecule has 0 fully saturated rings. The van der Waals surface area contributed by atoms with Crippen LogP contribution in [0.2, 0.25) is 10.0 Å². The molecule has 2 N–H and O–H groups in total. The summed E-state index contributed by atoms with van der Waals surface area (Å²) in [6.45, 7) is 0.0887. The number of aliphatic hydroxyl groups is 1. The van der Waals surface area contributed by atoms with Gasteiger partial charge in [0, 0.05) is 16.1 Å². The second kappa shape index (κ2) is 6.66. The first kappa shape index (κ1) is 15.6. The highest BCUT2D eigenvalue weighted by atomic mass is 35.5. The van der Waals surface area contributed by atoms with E-state index in [9.17, 15) is 8.78 Å². The maximum atomic E-state index is 13.0. The molecule has 0 spiro atoms. The Hall–Kier alpha value is -0.420. The lowest BCUT2D eigenvalue weighted by molar-refractivity contribution is -0.0494. The fourth-order valence-electron chi connectivity index (χ4n) is 1.59. The molecular weight excluding hydrogens is 283 g/mol. The molecule has 0 amide bonds. The Bertz CT molecular complexity index is 402. The van der Waals surface area contributed by atoms with Crippen molar-refractivity contribution in [2.75, 3.05) is 13.2 Å². The van der Waals surface area contributed by atoms with Crippen LogP contribution >= 0.6 is 23.2 Å². The zero-order valence-electron chi connectivity index (χ0n) is 9.89. The van der Waals surface area contributed by atoms with Gasteiger partial charge in [-0.05, 0) is 24.1 Å². The molecule has 0 aliphatic rings. The van der Waals surface area contributed by atoms with E-state index in [1.54, 1.807) is 18.2 Å². The number of hydrogen-bond donors (Lipinski definition) is 2. The van der Waals surface area contributed by atoms with Crippen molar-refractivity contribution in [3.05, 3.63) is 33.8 Å². The summed E-state index contributed by atoms with van der Waals surface area (Å²) in [5.74, 6) is -3.13. The number of hydrogen-bond acceptors (Lipinski definition) is 2. The minimum absolute atomic E-state index is 0.299. The summed E-state index contributed by atoms with van der Waals surface area (Å²) in [6, 6.07) is 4.65. The average Bonchev–Trinajstić information content (AvgIpc) is 2.32. The normalized spacial score (nSPS) is 13.7. The largest absolute Gasteiger partial charge is 0.390 e. The molecule has 0 bridgehead atoms. The Morgan fingerprint density at radius 1 is 1.39 bits per heavy atom. The Morgan fingerprint density at radius 3 is 2.56 bits per heavy atom. The molecule has 102 valence electrons. The Morgan fingerprint density at radius 2 is 2.06 bits per heavy atom. The van der Waals surface area contributed by atoms with E-state index in [0.29, 0.717) is 16.5 Å². The van der Waals surface area contributed by atoms with E-state index in [4.69, 9.17) is 28.3 Å². The minimum atomic E-state index is -3.13. The monoisotopic (exact) mass is 297 g/mol. The summed E-state index contributed by atoms with van der Waals surface area (Å²) in [7, 11) is 0. The van der Waals surface area contributed by atoms with Gasteiger partial charge in [0.15, 0.2) is 0 Å². The molecule has 2 nitrogen and oxygen atoms in total. The third kappa shape index (κ3) is 4.35. The fraction of sp³-hybridized carbons (Fsp3) is 0.500. The smallest absolute Gasteiger partial charge is 0.282 e. The highest BCUT2D eigenvalue weighted by molar-refractivity contribution is 6.35. The van der Waals surface area contributed by atoms with Gasteiger partial charge in [0.25, 0.3) is 5.92 Å². The number of aliphatic hydroxyl groups excluding tert-OH is 1. The van der Waals surface area contributed by atoms with Crippen LogP contribution < -0.4 is 5.32 Å². The van der Waals surface area contributed by atoms with Gasteiger partial charge in [-0.1, -0.05) is 36.2 Å². The van der Waals surface area contributed by atoms with E-state index in [0.717, 1.165) is 5.56 Å². The van der Waals surface area contributed by atoms with Gasteiger partial charge in [-0.3, -0.25) is 0 Å². The van der Waals surface area contributed by atoms with Crippen LogP contribution in [-0.4, -0.2) is 24.2 Å². The number of benzene rings is 1. The van der Waals surface area contributed by atoms with Crippen LogP contribution in [0.15, 0.2) is 18.2 Å². The van der Waals surface area contributed by atoms with Crippen LogP contribution in [0.25, 0.3) is 0 Å². The van der Waals surface area contributed by atoms with Gasteiger partial charge < -0.3 is 10.4 Å². The average molecular weight is 298 g/mol. The SMILES string of the molecule is CCC(NCC(F)(F)CO)c1ccc(Cl)cc1Cl. The summed E-state index contributed by atoms with van der Waals surface area (Å²) in [4.78, 5) is 0. The molecule has 0 saturated heterocycles. The highest BCUT2D eigenvalue weighted by Crippen LogP contribution is 2.28. The molecule has 0 saturated carbocycles. The van der Waals surface area contributed by atoms with Gasteiger partial charge in [0.05, 0.1) is 6.54 Å². The lowest BCUT2D eigenvalue weighted by Gasteiger charge is -2.22. The summed E-state index contributed by atoms with van der Waals surface area (Å²) in [6.07, 6.45) is 0.600. The minimum Gasteiger partial charge on any atom is -0.390 e. The second-order valence-corrected chi connectivity index (χ2v) is 4.87. The van der Waals surface area contributed by atoms with E-state index >= 15 is 0 Å². The summed E-state index contributed by atoms with van der Waals surface area (Å²) >= 11 is 11.8. The van der Waals surface area contributed by atoms with Crippen LogP contribution in [0, 0.1) is 0 Å². The molecule has 1 atom stereocenters. The maximum Gasteiger partial charge on any atom is 0.282 e. The molecule has 1 unspecified atom stereocenters. The first-order valence-corrected chi connectivity index (χ1v) is 6.32. The summed E-state index contributed by atoms with van der Waals surface area (Å²) < 4.78 is 25.9. The fourth-order valence-corrected chi connectivity index (χ4v) is 2.13. The summed E-state index contributed by atoms with van der Waals surface area (Å²) in [5, 5.41) is 12.1. The molecule has 0 heterocycles. The van der Waals surface area contributed by atoms with Crippen molar-refractivity contribution in [3.63, 3.8) is 0 Å². The van der Waals surface area contributed by atoms with Crippen LogP contribution in [-0.2, 0) is 0 Å². The molecule has 6 heteroatoms. The van der Waals surface area contributed by atoms with E-state index in [-0.39, 0.29) is 6.04 Å². The Balaban J connectivity index is 2.77. The predicted octanol–water partition coefficient (Wildman–Crippen LogP) is 3.66. The lowest BCUT2D eigenvalue weighted by atomic mass is 10.0. The van der Waals surface area contributed by atoms with Crippen molar-refractivity contribution in [3.8, 4) is 0 Å². The topological polar surface area (TPSA) is 32.3 Å². The number of nitrogens with one attached hydrogen (secondary N) is 1. The van der Waals surface area contributed by atoms with Crippen LogP contribution in [0.5, 0.6) is 0 Å². The molecular formula is C12H15Cl2F2NO. The second-order valence-electron chi connectivity index (χ2n) is 4.02. The van der Waals surface area contributed by atoms with Gasteiger partial charge in [-0.25, -0.2) is 8.78 Å². The van der Waals surface area contributed by atoms with Crippen molar-refractivity contribution in [2.24, 2.45) is 0 Å². The Labute approximate surface area is 115 Å². The van der Waals surface area contributed by atoms with Crippen molar-refractivity contribution in [2.45, 2.75) is 25.3 Å². The third-order valence-corrected chi connectivity index (χ3v) is 3.15. The number of halogens is 4. The quantitative estimate of drug-likeness (QED) is 0.840. The maximum absolute atomic E-state index is 13.0. The van der Waals surface area contributed by atoms with E-state index < -0.39 is 19.1 Å². The van der Waals surface area contributed by atoms with Crippen molar-refractivity contribution in [1.29, 1.82) is 0 Å². The van der Waals surface area contributed by atoms with Crippen molar-refractivity contribution in [1.82, 2.24) is 5.32 Å². The molecule has 0 aliphatic heterocycles. The third-order valence-electron chi connectivity index (χ3n) is 2.58. The van der Waals surface area contributed by atoms with Gasteiger partial charge in [-0.2, -0.15) is 0 Å². The first-order valence-electron chi connectivity index (χ1n) is 5.56. The molecule has 1 aromatic rings. The standard InChI is InChI=1S/C12H15Cl2F2NO/c1-2-11(17-6-12(15,16)7-18)9-4-3-8(13)5-10(9)14/h3-5,11,17-18H,2,6-7H2,1H3. The number of alkyl halides is 2. The van der Waals surface area contributed by atoms with Crippen molar-refractivity contribution < 1.29 is 13.9 Å². The van der Waals surface area contributed by atoms with Crippen molar-refractivity contribution >= 4 is 23.2 Å². The van der Waals surface area contributed by atoms with Gasteiger partial charge in [0.2, 0.25) is 0 Å². The summed E-state index contributed by atoms with van der Waals surface area (Å²) in [5.41, 5.74) is 0.720. The molecule has 0 radical (unpaired) electrons. The van der Waals surface area contributed by atoms with E-state index in [1.807, 2.05) is 6.92 Å². The molecule has 18 heavy (non-hydrogen) atoms. The molecule has 0 aliphatic carbocycles. The lowest BCUT2D eigenvalue weighted by Crippen LogP contribution is -2.37. The molecule has 1 rings (SSSR count). The van der Waals surface area contributed by atoms with E-state index in [2.05, 4.69) is 5.32 Å². The van der Waals surface area contributed by atoms with Gasteiger partial charge in [-0.15, -0.1) is 0 Å². The number of rotatable bonds is 6. The van der Waals surface area contributed by atoms with E-state index in [1.165, 1.54) is 0 Å². The van der Waals surface area contributed by atoms with Crippen LogP contribution in [0.3, 0.4) is 0 Å². The highest BCUT2D eigenvalue weighted by Gasteiger charge is 2.28. The van der Waals surface area contributed by atoms with Gasteiger partial charge in [0.1, 0.15) is 6.61 Å². The van der Waals surface area contributed by atoms with Crippen LogP contribution in [0.1, 0.15) is 24.9 Å². The first-order chi connectivity index (χ1) is 8.39. The predicted molar refractivity (Wildman–Crippen MR) is 69.5 cm³/mol. The molecule has 0 aromatic heterocycles. The zero-order chi connectivity index (χ0) is 13.8. The molecule has 1 aromatic carbocycles.